The second kappa shape index (κ2) is 12.7. The van der Waals surface area contributed by atoms with Gasteiger partial charge in [-0.2, -0.15) is 0 Å². The van der Waals surface area contributed by atoms with E-state index in [1.54, 1.807) is 0 Å². The molecule has 0 saturated carbocycles. The molecule has 0 amide bonds. The average molecular weight is 785 g/mol. The Bertz CT molecular complexity index is 2440. The number of fused-ring (bicyclic) bond motifs is 10. The lowest BCUT2D eigenvalue weighted by atomic mass is 9.91. The molecular weight excluding hydrogens is 760 g/mol. The molecule has 13 N–H and O–H groups in total. The summed E-state index contributed by atoms with van der Waals surface area (Å²) in [7, 11) is 0. The van der Waals surface area contributed by atoms with Crippen molar-refractivity contribution in [3.8, 4) is 91.2 Å². The fourth-order valence-electron chi connectivity index (χ4n) is 6.42. The maximum atomic E-state index is 14.0. The Hall–Kier alpha value is -7.72. The number of aromatic hydroxyl groups is 12. The molecular formula is C34H24O22. The van der Waals surface area contributed by atoms with E-state index in [9.17, 15) is 85.6 Å². The van der Waals surface area contributed by atoms with Crippen LogP contribution < -0.4 is 0 Å². The summed E-state index contributed by atoms with van der Waals surface area (Å²) in [4.78, 5) is 55.1. The van der Waals surface area contributed by atoms with Crippen molar-refractivity contribution in [3.63, 3.8) is 0 Å². The summed E-state index contributed by atoms with van der Waals surface area (Å²) in [6.45, 7) is -1.09. The minimum atomic E-state index is -2.42. The van der Waals surface area contributed by atoms with Gasteiger partial charge >= 0.3 is 23.9 Å². The summed E-state index contributed by atoms with van der Waals surface area (Å²) in [5, 5.41) is 137. The number of phenols is 12. The van der Waals surface area contributed by atoms with Crippen LogP contribution in [0.1, 0.15) is 41.4 Å². The molecule has 0 aromatic heterocycles. The van der Waals surface area contributed by atoms with Crippen LogP contribution in [0.2, 0.25) is 0 Å². The SMILES string of the molecule is O=C1OCC2OC(O)C3OC(=O)c4cc(O)c(O)c(O)c4-c4c(cc(O)c(O)c4O)C(=O)OC3C2OC(=O)c2cc(O)c(O)c(O)c2-c2cc1c(O)c(O)c2O. The van der Waals surface area contributed by atoms with Gasteiger partial charge in [0.25, 0.3) is 0 Å². The summed E-state index contributed by atoms with van der Waals surface area (Å²) in [5.41, 5.74) is -7.58. The maximum absolute atomic E-state index is 14.0. The summed E-state index contributed by atoms with van der Waals surface area (Å²) in [6.07, 6.45) is -11.2. The van der Waals surface area contributed by atoms with E-state index in [4.69, 9.17) is 23.7 Å². The molecule has 5 atom stereocenters. The molecule has 3 aliphatic rings. The third kappa shape index (κ3) is 5.34. The molecule has 0 spiro atoms. The molecule has 0 radical (unpaired) electrons. The van der Waals surface area contributed by atoms with Gasteiger partial charge in [-0.3, -0.25) is 0 Å². The first-order valence-corrected chi connectivity index (χ1v) is 15.6. The fourth-order valence-corrected chi connectivity index (χ4v) is 6.42. The monoisotopic (exact) mass is 784 g/mol. The van der Waals surface area contributed by atoms with E-state index < -0.39 is 175 Å². The number of esters is 4. The molecule has 3 aliphatic heterocycles. The number of aliphatic hydroxyl groups excluding tert-OH is 1. The molecule has 1 fully saturated rings. The number of aliphatic hydroxyl groups is 1. The van der Waals surface area contributed by atoms with Crippen molar-refractivity contribution in [1.82, 2.24) is 0 Å². The van der Waals surface area contributed by atoms with Gasteiger partial charge in [0.05, 0.1) is 16.7 Å². The first-order chi connectivity index (χ1) is 26.3. The third-order valence-electron chi connectivity index (χ3n) is 9.13. The van der Waals surface area contributed by atoms with Crippen molar-refractivity contribution in [3.05, 3.63) is 46.5 Å². The van der Waals surface area contributed by atoms with Crippen molar-refractivity contribution < 1.29 is 109 Å². The Morgan fingerprint density at radius 1 is 0.411 bits per heavy atom. The number of hydrogen-bond acceptors (Lipinski definition) is 22. The lowest BCUT2D eigenvalue weighted by Crippen LogP contribution is -2.62. The molecule has 22 heteroatoms. The zero-order chi connectivity index (χ0) is 40.8. The number of carbonyl (C=O) groups is 4. The van der Waals surface area contributed by atoms with Crippen LogP contribution >= 0.6 is 0 Å². The van der Waals surface area contributed by atoms with Crippen LogP contribution in [0.25, 0.3) is 22.3 Å². The Morgan fingerprint density at radius 3 is 1.32 bits per heavy atom. The molecule has 4 aromatic rings. The Morgan fingerprint density at radius 2 is 0.821 bits per heavy atom. The van der Waals surface area contributed by atoms with E-state index in [0.717, 1.165) is 0 Å². The molecule has 3 heterocycles. The molecule has 56 heavy (non-hydrogen) atoms. The van der Waals surface area contributed by atoms with Gasteiger partial charge in [0.1, 0.15) is 18.3 Å². The molecule has 1 saturated heterocycles. The number of carbonyl (C=O) groups excluding carboxylic acids is 4. The van der Waals surface area contributed by atoms with E-state index >= 15 is 0 Å². The topological polar surface area (TPSA) is 377 Å². The maximum Gasteiger partial charge on any atom is 0.342 e. The van der Waals surface area contributed by atoms with Crippen molar-refractivity contribution in [2.45, 2.75) is 30.7 Å². The molecule has 5 unspecified atom stereocenters. The number of phenolic OH excluding ortho intramolecular Hbond substituents is 12. The molecule has 4 aromatic carbocycles. The van der Waals surface area contributed by atoms with Gasteiger partial charge in [-0.1, -0.05) is 0 Å². The van der Waals surface area contributed by atoms with Gasteiger partial charge in [0.15, 0.2) is 70.6 Å². The zero-order valence-corrected chi connectivity index (χ0v) is 27.4. The van der Waals surface area contributed by atoms with Gasteiger partial charge in [-0.05, 0) is 24.3 Å². The van der Waals surface area contributed by atoms with Gasteiger partial charge in [0.2, 0.25) is 23.0 Å². The summed E-state index contributed by atoms with van der Waals surface area (Å²) in [6, 6.07) is 2.07. The molecule has 2 bridgehead atoms. The van der Waals surface area contributed by atoms with Crippen LogP contribution in [0.3, 0.4) is 0 Å². The van der Waals surface area contributed by atoms with Crippen molar-refractivity contribution in [2.75, 3.05) is 6.61 Å². The van der Waals surface area contributed by atoms with Crippen molar-refractivity contribution in [1.29, 1.82) is 0 Å². The third-order valence-corrected chi connectivity index (χ3v) is 9.13. The van der Waals surface area contributed by atoms with E-state index in [-0.39, 0.29) is 0 Å². The summed E-state index contributed by atoms with van der Waals surface area (Å²) < 4.78 is 27.1. The largest absolute Gasteiger partial charge is 0.504 e. The molecule has 7 rings (SSSR count). The minimum absolute atomic E-state index is 0.472. The van der Waals surface area contributed by atoms with Crippen LogP contribution in [-0.4, -0.2) is 128 Å². The van der Waals surface area contributed by atoms with E-state index in [2.05, 4.69) is 0 Å². The summed E-state index contributed by atoms with van der Waals surface area (Å²) in [5.74, 6) is -22.0. The molecule has 22 nitrogen and oxygen atoms in total. The highest BCUT2D eigenvalue weighted by Crippen LogP contribution is 2.54. The summed E-state index contributed by atoms with van der Waals surface area (Å²) >= 11 is 0. The standard InChI is InChI=1S/C34H24O22/c35-11-2-7-15(23(43)20(11)40)6-1-10(19(39)26(46)18(6)38)30(47)52-5-14-27(54-31(7)48)28-29(34(51)53-14)56-33(50)9-4-13(37)22(42)25(45)17(9)16-8(32(49)55-28)3-12(36)21(41)24(16)44/h1-4,14,27-29,34-46,51H,5H2. The molecule has 292 valence electrons. The number of cyclic esters (lactones) is 1. The Labute approximate surface area is 308 Å². The van der Waals surface area contributed by atoms with E-state index in [1.807, 2.05) is 0 Å². The van der Waals surface area contributed by atoms with Gasteiger partial charge in [-0.15, -0.1) is 0 Å². The normalized spacial score (nSPS) is 21.8. The van der Waals surface area contributed by atoms with Crippen LogP contribution in [0.5, 0.6) is 69.0 Å². The van der Waals surface area contributed by atoms with Crippen molar-refractivity contribution >= 4 is 23.9 Å². The van der Waals surface area contributed by atoms with Crippen LogP contribution in [0.15, 0.2) is 24.3 Å². The smallest absolute Gasteiger partial charge is 0.342 e. The number of ether oxygens (including phenoxy) is 5. The highest BCUT2D eigenvalue weighted by molar-refractivity contribution is 6.09. The second-order valence-electron chi connectivity index (χ2n) is 12.3. The number of benzene rings is 4. The highest BCUT2D eigenvalue weighted by atomic mass is 16.7. The first-order valence-electron chi connectivity index (χ1n) is 15.6. The number of rotatable bonds is 0. The Kier molecular flexibility index (Phi) is 8.31. The average Bonchev–Trinajstić information content (AvgIpc) is 3.15. The second-order valence-corrected chi connectivity index (χ2v) is 12.3. The van der Waals surface area contributed by atoms with Crippen LogP contribution in [-0.2, 0) is 23.7 Å². The van der Waals surface area contributed by atoms with E-state index in [1.165, 1.54) is 0 Å². The fraction of sp³-hybridized carbons (Fsp3) is 0.176. The highest BCUT2D eigenvalue weighted by Gasteiger charge is 2.54. The Balaban J connectivity index is 1.44. The number of hydrogen-bond donors (Lipinski definition) is 13. The van der Waals surface area contributed by atoms with E-state index in [0.29, 0.717) is 24.3 Å². The lowest BCUT2D eigenvalue weighted by molar-refractivity contribution is -0.284. The molecule has 0 aliphatic carbocycles. The van der Waals surface area contributed by atoms with Gasteiger partial charge < -0.3 is 90.1 Å². The lowest BCUT2D eigenvalue weighted by Gasteiger charge is -2.43. The van der Waals surface area contributed by atoms with Gasteiger partial charge in [-0.25, -0.2) is 19.2 Å². The zero-order valence-electron chi connectivity index (χ0n) is 27.4. The predicted molar refractivity (Wildman–Crippen MR) is 173 cm³/mol. The quantitative estimate of drug-likeness (QED) is 0.0661. The predicted octanol–water partition coefficient (Wildman–Crippen LogP) is 0.665. The van der Waals surface area contributed by atoms with Crippen LogP contribution in [0, 0.1) is 0 Å². The van der Waals surface area contributed by atoms with Crippen molar-refractivity contribution in [2.24, 2.45) is 0 Å². The van der Waals surface area contributed by atoms with Crippen LogP contribution in [0.4, 0.5) is 0 Å². The first kappa shape index (κ1) is 36.6. The van der Waals surface area contributed by atoms with Gasteiger partial charge in [0, 0.05) is 22.3 Å². The minimum Gasteiger partial charge on any atom is -0.504 e.